The topological polar surface area (TPSA) is 34.4 Å². The van der Waals surface area contributed by atoms with Crippen LogP contribution in [-0.2, 0) is 11.3 Å². The highest BCUT2D eigenvalue weighted by Gasteiger charge is 2.57. The molecule has 3 nitrogen and oxygen atoms in total. The van der Waals surface area contributed by atoms with Crippen LogP contribution in [0.1, 0.15) is 33.0 Å². The highest BCUT2D eigenvalue weighted by atomic mass is 16.5. The first-order valence-corrected chi connectivity index (χ1v) is 5.80. The Kier molecular flexibility index (Phi) is 2.84. The molecule has 1 heterocycles. The summed E-state index contributed by atoms with van der Waals surface area (Å²) in [6.07, 6.45) is 2.76. The van der Waals surface area contributed by atoms with E-state index in [2.05, 4.69) is 26.1 Å². The molecule has 1 saturated carbocycles. The zero-order valence-corrected chi connectivity index (χ0v) is 10.5. The lowest BCUT2D eigenvalue weighted by atomic mass is 9.56. The van der Waals surface area contributed by atoms with E-state index in [1.54, 1.807) is 13.4 Å². The number of furan rings is 1. The molecule has 1 N–H and O–H groups in total. The molecule has 1 fully saturated rings. The third kappa shape index (κ3) is 1.68. The summed E-state index contributed by atoms with van der Waals surface area (Å²) in [4.78, 5) is 0. The standard InChI is InChI=1S/C13H21NO2/c1-12(2)11(8-13(12,3)15-4)14-9-10-6-5-7-16-10/h5-7,11,14H,8-9H2,1-4H3. The van der Waals surface area contributed by atoms with Crippen LogP contribution in [0, 0.1) is 5.41 Å². The van der Waals surface area contributed by atoms with Gasteiger partial charge >= 0.3 is 0 Å². The summed E-state index contributed by atoms with van der Waals surface area (Å²) >= 11 is 0. The Labute approximate surface area is 97.2 Å². The maximum absolute atomic E-state index is 5.59. The lowest BCUT2D eigenvalue weighted by Crippen LogP contribution is -2.67. The zero-order valence-electron chi connectivity index (χ0n) is 10.5. The summed E-state index contributed by atoms with van der Waals surface area (Å²) in [5, 5.41) is 3.53. The van der Waals surface area contributed by atoms with Crippen LogP contribution >= 0.6 is 0 Å². The molecule has 0 saturated heterocycles. The molecule has 2 rings (SSSR count). The van der Waals surface area contributed by atoms with Crippen molar-refractivity contribution in [2.24, 2.45) is 5.41 Å². The Morgan fingerprint density at radius 1 is 1.50 bits per heavy atom. The number of hydrogen-bond acceptors (Lipinski definition) is 3. The van der Waals surface area contributed by atoms with Crippen LogP contribution in [-0.4, -0.2) is 18.8 Å². The normalized spacial score (nSPS) is 32.4. The highest BCUT2D eigenvalue weighted by Crippen LogP contribution is 2.51. The van der Waals surface area contributed by atoms with E-state index in [4.69, 9.17) is 9.15 Å². The van der Waals surface area contributed by atoms with Crippen molar-refractivity contribution in [1.82, 2.24) is 5.32 Å². The summed E-state index contributed by atoms with van der Waals surface area (Å²) in [5.41, 5.74) is 0.155. The number of rotatable bonds is 4. The van der Waals surface area contributed by atoms with Gasteiger partial charge in [0.25, 0.3) is 0 Å². The average Bonchev–Trinajstić information content (AvgIpc) is 2.76. The minimum Gasteiger partial charge on any atom is -0.468 e. The predicted octanol–water partition coefficient (Wildman–Crippen LogP) is 2.57. The Morgan fingerprint density at radius 3 is 2.75 bits per heavy atom. The summed E-state index contributed by atoms with van der Waals surface area (Å²) in [7, 11) is 1.80. The van der Waals surface area contributed by atoms with Gasteiger partial charge < -0.3 is 14.5 Å². The van der Waals surface area contributed by atoms with E-state index in [-0.39, 0.29) is 11.0 Å². The van der Waals surface area contributed by atoms with E-state index in [9.17, 15) is 0 Å². The summed E-state index contributed by atoms with van der Waals surface area (Å²) < 4.78 is 10.9. The first-order chi connectivity index (χ1) is 7.49. The first-order valence-electron chi connectivity index (χ1n) is 5.80. The van der Waals surface area contributed by atoms with Crippen LogP contribution in [0.4, 0.5) is 0 Å². The SMILES string of the molecule is COC1(C)CC(NCc2ccco2)C1(C)C. The summed E-state index contributed by atoms with van der Waals surface area (Å²) in [6, 6.07) is 4.40. The molecule has 90 valence electrons. The molecule has 0 aliphatic heterocycles. The molecular weight excluding hydrogens is 202 g/mol. The number of hydrogen-bond donors (Lipinski definition) is 1. The van der Waals surface area contributed by atoms with Crippen LogP contribution in [0.2, 0.25) is 0 Å². The van der Waals surface area contributed by atoms with Crippen LogP contribution < -0.4 is 5.32 Å². The molecule has 1 aliphatic rings. The Balaban J connectivity index is 1.90. The fourth-order valence-electron chi connectivity index (χ4n) is 2.46. The second kappa shape index (κ2) is 3.90. The predicted molar refractivity (Wildman–Crippen MR) is 63.1 cm³/mol. The van der Waals surface area contributed by atoms with Gasteiger partial charge in [0, 0.05) is 18.6 Å². The molecular formula is C13H21NO2. The van der Waals surface area contributed by atoms with E-state index in [1.165, 1.54) is 0 Å². The molecule has 16 heavy (non-hydrogen) atoms. The van der Waals surface area contributed by atoms with E-state index >= 15 is 0 Å². The van der Waals surface area contributed by atoms with Gasteiger partial charge in [0.1, 0.15) is 5.76 Å². The largest absolute Gasteiger partial charge is 0.468 e. The third-order valence-corrected chi connectivity index (χ3v) is 4.38. The smallest absolute Gasteiger partial charge is 0.117 e. The van der Waals surface area contributed by atoms with Gasteiger partial charge in [-0.3, -0.25) is 0 Å². The number of methoxy groups -OCH3 is 1. The monoisotopic (exact) mass is 223 g/mol. The second-order valence-corrected chi connectivity index (χ2v) is 5.37. The van der Waals surface area contributed by atoms with Crippen LogP contribution in [0.15, 0.2) is 22.8 Å². The number of ether oxygens (including phenoxy) is 1. The average molecular weight is 223 g/mol. The van der Waals surface area contributed by atoms with Crippen molar-refractivity contribution in [1.29, 1.82) is 0 Å². The Hall–Kier alpha value is -0.800. The van der Waals surface area contributed by atoms with Gasteiger partial charge in [-0.1, -0.05) is 13.8 Å². The second-order valence-electron chi connectivity index (χ2n) is 5.37. The minimum absolute atomic E-state index is 0.00612. The van der Waals surface area contributed by atoms with Gasteiger partial charge in [0.15, 0.2) is 0 Å². The van der Waals surface area contributed by atoms with Crippen molar-refractivity contribution in [3.05, 3.63) is 24.2 Å². The Morgan fingerprint density at radius 2 is 2.25 bits per heavy atom. The minimum atomic E-state index is -0.00612. The zero-order chi connectivity index (χ0) is 11.8. The number of nitrogens with one attached hydrogen (secondary N) is 1. The van der Waals surface area contributed by atoms with E-state index in [0.717, 1.165) is 18.7 Å². The van der Waals surface area contributed by atoms with Crippen molar-refractivity contribution >= 4 is 0 Å². The summed E-state index contributed by atoms with van der Waals surface area (Å²) in [6.45, 7) is 7.47. The van der Waals surface area contributed by atoms with E-state index in [0.29, 0.717) is 6.04 Å². The molecule has 1 aliphatic carbocycles. The van der Waals surface area contributed by atoms with Crippen molar-refractivity contribution < 1.29 is 9.15 Å². The molecule has 1 aromatic rings. The molecule has 2 unspecified atom stereocenters. The lowest BCUT2D eigenvalue weighted by Gasteiger charge is -2.59. The van der Waals surface area contributed by atoms with Crippen molar-refractivity contribution in [2.45, 2.75) is 45.4 Å². The van der Waals surface area contributed by atoms with Crippen molar-refractivity contribution in [3.63, 3.8) is 0 Å². The quantitative estimate of drug-likeness (QED) is 0.852. The Bertz CT molecular complexity index is 345. The van der Waals surface area contributed by atoms with Gasteiger partial charge in [0.05, 0.1) is 18.4 Å². The molecule has 0 radical (unpaired) electrons. The maximum Gasteiger partial charge on any atom is 0.117 e. The van der Waals surface area contributed by atoms with E-state index < -0.39 is 0 Å². The highest BCUT2D eigenvalue weighted by molar-refractivity contribution is 5.12. The van der Waals surface area contributed by atoms with Gasteiger partial charge in [-0.25, -0.2) is 0 Å². The fraction of sp³-hybridized carbons (Fsp3) is 0.692. The first kappa shape index (κ1) is 11.7. The van der Waals surface area contributed by atoms with Crippen LogP contribution in [0.3, 0.4) is 0 Å². The maximum atomic E-state index is 5.59. The van der Waals surface area contributed by atoms with Gasteiger partial charge in [0.2, 0.25) is 0 Å². The van der Waals surface area contributed by atoms with Gasteiger partial charge in [-0.15, -0.1) is 0 Å². The fourth-order valence-corrected chi connectivity index (χ4v) is 2.46. The third-order valence-electron chi connectivity index (χ3n) is 4.38. The molecule has 0 aromatic carbocycles. The van der Waals surface area contributed by atoms with E-state index in [1.807, 2.05) is 12.1 Å². The van der Waals surface area contributed by atoms with Gasteiger partial charge in [-0.2, -0.15) is 0 Å². The molecule has 2 atom stereocenters. The van der Waals surface area contributed by atoms with Crippen LogP contribution in [0.5, 0.6) is 0 Å². The molecule has 0 spiro atoms. The summed E-state index contributed by atoms with van der Waals surface area (Å²) in [5.74, 6) is 0.988. The molecule has 3 heteroatoms. The lowest BCUT2D eigenvalue weighted by molar-refractivity contribution is -0.181. The van der Waals surface area contributed by atoms with Gasteiger partial charge in [-0.05, 0) is 25.5 Å². The molecule has 1 aromatic heterocycles. The van der Waals surface area contributed by atoms with Crippen LogP contribution in [0.25, 0.3) is 0 Å². The van der Waals surface area contributed by atoms with Crippen molar-refractivity contribution in [2.75, 3.05) is 7.11 Å². The molecule has 0 bridgehead atoms. The van der Waals surface area contributed by atoms with Crippen molar-refractivity contribution in [3.8, 4) is 0 Å². The molecule has 0 amide bonds.